The Balaban J connectivity index is 1.66. The Hall–Kier alpha value is -2.14. The van der Waals surface area contributed by atoms with Crippen LogP contribution in [0, 0.1) is 6.92 Å². The summed E-state index contributed by atoms with van der Waals surface area (Å²) >= 11 is 0. The summed E-state index contributed by atoms with van der Waals surface area (Å²) in [7, 11) is 0. The lowest BCUT2D eigenvalue weighted by Crippen LogP contribution is -2.47. The number of nitrogens with zero attached hydrogens (tertiary/aromatic N) is 3. The standard InChI is InChI=1S/C19H23N3O2/c1-13-9-18(22(20-13)16-7-4-8-16)19(24)21-11-15-6-3-2-5-14(15)10-17(21)12-23/h2-3,5-6,9,16-17,23H,4,7-8,10-12H2,1H3/t17-/m1/s1. The van der Waals surface area contributed by atoms with Gasteiger partial charge in [0.2, 0.25) is 0 Å². The number of hydrogen-bond donors (Lipinski definition) is 1. The number of rotatable bonds is 3. The van der Waals surface area contributed by atoms with Gasteiger partial charge in [0.05, 0.1) is 24.4 Å². The fraction of sp³-hybridized carbons (Fsp3) is 0.474. The zero-order chi connectivity index (χ0) is 16.7. The summed E-state index contributed by atoms with van der Waals surface area (Å²) < 4.78 is 1.91. The number of aryl methyl sites for hydroxylation is 1. The first-order chi connectivity index (χ1) is 11.7. The van der Waals surface area contributed by atoms with Gasteiger partial charge in [-0.1, -0.05) is 24.3 Å². The third kappa shape index (κ3) is 2.53. The van der Waals surface area contributed by atoms with Gasteiger partial charge in [0.25, 0.3) is 5.91 Å². The van der Waals surface area contributed by atoms with E-state index in [-0.39, 0.29) is 18.6 Å². The molecule has 1 aromatic carbocycles. The molecule has 5 heteroatoms. The predicted molar refractivity (Wildman–Crippen MR) is 90.7 cm³/mol. The molecule has 1 amide bonds. The third-order valence-electron chi connectivity index (χ3n) is 5.32. The molecule has 0 radical (unpaired) electrons. The number of carbonyl (C=O) groups excluding carboxylic acids is 1. The van der Waals surface area contributed by atoms with Crippen molar-refractivity contribution in [1.29, 1.82) is 0 Å². The maximum atomic E-state index is 13.2. The summed E-state index contributed by atoms with van der Waals surface area (Å²) in [5.41, 5.74) is 3.93. The molecule has 1 N–H and O–H groups in total. The van der Waals surface area contributed by atoms with Crippen molar-refractivity contribution in [3.63, 3.8) is 0 Å². The van der Waals surface area contributed by atoms with Gasteiger partial charge in [-0.2, -0.15) is 5.10 Å². The number of aliphatic hydroxyl groups is 1. The molecule has 0 saturated heterocycles. The number of amides is 1. The summed E-state index contributed by atoms with van der Waals surface area (Å²) in [6.07, 6.45) is 4.09. The van der Waals surface area contributed by atoms with Crippen LogP contribution in [0.3, 0.4) is 0 Å². The Morgan fingerprint density at radius 3 is 2.71 bits per heavy atom. The monoisotopic (exact) mass is 325 g/mol. The molecular formula is C19H23N3O2. The highest BCUT2D eigenvalue weighted by Crippen LogP contribution is 2.33. The molecule has 1 aliphatic heterocycles. The molecule has 2 aliphatic rings. The average Bonchev–Trinajstić information content (AvgIpc) is 2.92. The molecule has 0 spiro atoms. The van der Waals surface area contributed by atoms with Crippen molar-refractivity contribution in [2.45, 2.75) is 51.2 Å². The van der Waals surface area contributed by atoms with Crippen LogP contribution in [0.5, 0.6) is 0 Å². The Morgan fingerprint density at radius 2 is 2.04 bits per heavy atom. The zero-order valence-corrected chi connectivity index (χ0v) is 14.0. The number of carbonyl (C=O) groups is 1. The Morgan fingerprint density at radius 1 is 1.29 bits per heavy atom. The molecule has 1 aromatic heterocycles. The van der Waals surface area contributed by atoms with Gasteiger partial charge in [-0.15, -0.1) is 0 Å². The lowest BCUT2D eigenvalue weighted by atomic mass is 9.92. The van der Waals surface area contributed by atoms with E-state index in [0.29, 0.717) is 24.7 Å². The van der Waals surface area contributed by atoms with Crippen LogP contribution < -0.4 is 0 Å². The van der Waals surface area contributed by atoms with Gasteiger partial charge >= 0.3 is 0 Å². The van der Waals surface area contributed by atoms with Crippen LogP contribution in [0.2, 0.25) is 0 Å². The number of aliphatic hydroxyl groups excluding tert-OH is 1. The van der Waals surface area contributed by atoms with Gasteiger partial charge in [-0.3, -0.25) is 9.48 Å². The van der Waals surface area contributed by atoms with Gasteiger partial charge in [0.15, 0.2) is 0 Å². The average molecular weight is 325 g/mol. The van der Waals surface area contributed by atoms with Crippen LogP contribution in [0.4, 0.5) is 0 Å². The first-order valence-electron chi connectivity index (χ1n) is 8.72. The lowest BCUT2D eigenvalue weighted by Gasteiger charge is -2.36. The van der Waals surface area contributed by atoms with Crippen molar-refractivity contribution in [3.05, 3.63) is 52.8 Å². The van der Waals surface area contributed by atoms with Crippen LogP contribution in [-0.2, 0) is 13.0 Å². The number of benzene rings is 1. The highest BCUT2D eigenvalue weighted by Gasteiger charge is 2.33. The predicted octanol–water partition coefficient (Wildman–Crippen LogP) is 2.48. The van der Waals surface area contributed by atoms with E-state index < -0.39 is 0 Å². The second-order valence-corrected chi connectivity index (χ2v) is 6.94. The summed E-state index contributed by atoms with van der Waals surface area (Å²) in [6.45, 7) is 2.47. The Kier molecular flexibility index (Phi) is 3.88. The van der Waals surface area contributed by atoms with E-state index >= 15 is 0 Å². The van der Waals surface area contributed by atoms with Crippen molar-refractivity contribution >= 4 is 5.91 Å². The SMILES string of the molecule is Cc1cc(C(=O)N2Cc3ccccc3C[C@@H]2CO)n(C2CCC2)n1. The molecule has 5 nitrogen and oxygen atoms in total. The largest absolute Gasteiger partial charge is 0.394 e. The number of aromatic nitrogens is 2. The molecule has 1 saturated carbocycles. The quantitative estimate of drug-likeness (QED) is 0.943. The molecule has 2 heterocycles. The van der Waals surface area contributed by atoms with Crippen molar-refractivity contribution in [2.75, 3.05) is 6.61 Å². The van der Waals surface area contributed by atoms with Crippen molar-refractivity contribution < 1.29 is 9.90 Å². The minimum absolute atomic E-state index is 0.0172. The van der Waals surface area contributed by atoms with E-state index in [1.807, 2.05) is 34.7 Å². The normalized spacial score (nSPS) is 20.6. The van der Waals surface area contributed by atoms with E-state index in [0.717, 1.165) is 18.5 Å². The van der Waals surface area contributed by atoms with Gasteiger partial charge in [-0.25, -0.2) is 0 Å². The molecule has 2 aromatic rings. The molecular weight excluding hydrogens is 302 g/mol. The molecule has 1 aliphatic carbocycles. The van der Waals surface area contributed by atoms with Crippen LogP contribution in [0.1, 0.15) is 52.6 Å². The fourth-order valence-electron chi connectivity index (χ4n) is 3.72. The van der Waals surface area contributed by atoms with Gasteiger partial charge in [-0.05, 0) is 49.8 Å². The van der Waals surface area contributed by atoms with Crippen LogP contribution >= 0.6 is 0 Å². The molecule has 0 bridgehead atoms. The lowest BCUT2D eigenvalue weighted by molar-refractivity contribution is 0.0525. The fourth-order valence-corrected chi connectivity index (χ4v) is 3.72. The van der Waals surface area contributed by atoms with Gasteiger partial charge in [0, 0.05) is 6.54 Å². The number of fused-ring (bicyclic) bond motifs is 1. The van der Waals surface area contributed by atoms with E-state index in [1.165, 1.54) is 17.5 Å². The first kappa shape index (κ1) is 15.4. The maximum Gasteiger partial charge on any atom is 0.272 e. The van der Waals surface area contributed by atoms with E-state index in [1.54, 1.807) is 0 Å². The van der Waals surface area contributed by atoms with E-state index in [4.69, 9.17) is 0 Å². The topological polar surface area (TPSA) is 58.4 Å². The Bertz CT molecular complexity index is 764. The maximum absolute atomic E-state index is 13.2. The van der Waals surface area contributed by atoms with Gasteiger partial charge in [0.1, 0.15) is 5.69 Å². The molecule has 24 heavy (non-hydrogen) atoms. The van der Waals surface area contributed by atoms with E-state index in [2.05, 4.69) is 17.2 Å². The highest BCUT2D eigenvalue weighted by atomic mass is 16.3. The molecule has 4 rings (SSSR count). The van der Waals surface area contributed by atoms with E-state index in [9.17, 15) is 9.90 Å². The smallest absolute Gasteiger partial charge is 0.272 e. The minimum Gasteiger partial charge on any atom is -0.394 e. The molecule has 1 fully saturated rings. The second-order valence-electron chi connectivity index (χ2n) is 6.94. The van der Waals surface area contributed by atoms with Gasteiger partial charge < -0.3 is 10.0 Å². The molecule has 126 valence electrons. The highest BCUT2D eigenvalue weighted by molar-refractivity contribution is 5.93. The van der Waals surface area contributed by atoms with Crippen molar-refractivity contribution in [1.82, 2.24) is 14.7 Å². The molecule has 0 unspecified atom stereocenters. The second kappa shape index (κ2) is 6.06. The summed E-state index contributed by atoms with van der Waals surface area (Å²) in [6, 6.07) is 10.2. The number of hydrogen-bond acceptors (Lipinski definition) is 3. The van der Waals surface area contributed by atoms with Crippen molar-refractivity contribution in [3.8, 4) is 0 Å². The minimum atomic E-state index is -0.169. The summed E-state index contributed by atoms with van der Waals surface area (Å²) in [5, 5.41) is 14.4. The third-order valence-corrected chi connectivity index (χ3v) is 5.32. The van der Waals surface area contributed by atoms with Crippen LogP contribution in [0.15, 0.2) is 30.3 Å². The first-order valence-corrected chi connectivity index (χ1v) is 8.72. The van der Waals surface area contributed by atoms with Crippen LogP contribution in [-0.4, -0.2) is 38.3 Å². The summed E-state index contributed by atoms with van der Waals surface area (Å²) in [4.78, 5) is 15.0. The van der Waals surface area contributed by atoms with Crippen molar-refractivity contribution in [2.24, 2.45) is 0 Å². The Labute approximate surface area is 141 Å². The van der Waals surface area contributed by atoms with Crippen LogP contribution in [0.25, 0.3) is 0 Å². The molecule has 1 atom stereocenters. The zero-order valence-electron chi connectivity index (χ0n) is 14.0. The summed E-state index contributed by atoms with van der Waals surface area (Å²) in [5.74, 6) is -0.0175.